The summed E-state index contributed by atoms with van der Waals surface area (Å²) in [7, 11) is 0. The largest absolute Gasteiger partial charge is 0.321 e. The van der Waals surface area contributed by atoms with Crippen molar-refractivity contribution < 1.29 is 9.59 Å². The highest BCUT2D eigenvalue weighted by molar-refractivity contribution is 6.06. The minimum atomic E-state index is -0.382. The Morgan fingerprint density at radius 1 is 0.639 bits per heavy atom. The predicted molar refractivity (Wildman–Crippen MR) is 141 cm³/mol. The summed E-state index contributed by atoms with van der Waals surface area (Å²) in [6.07, 6.45) is 5.74. The van der Waals surface area contributed by atoms with Crippen molar-refractivity contribution in [3.05, 3.63) is 83.4 Å². The Kier molecular flexibility index (Phi) is 7.64. The third kappa shape index (κ3) is 5.95. The maximum atomic E-state index is 12.8. The van der Waals surface area contributed by atoms with Crippen molar-refractivity contribution in [2.45, 2.75) is 37.5 Å². The molecule has 0 bridgehead atoms. The van der Waals surface area contributed by atoms with Gasteiger partial charge in [-0.25, -0.2) is 9.97 Å². The second-order valence-electron chi connectivity index (χ2n) is 9.49. The third-order valence-corrected chi connectivity index (χ3v) is 7.09. The Morgan fingerprint density at radius 3 is 1.42 bits per heavy atom. The number of nitrogens with one attached hydrogen (secondary N) is 4. The summed E-state index contributed by atoms with van der Waals surface area (Å²) >= 11 is 0. The lowest BCUT2D eigenvalue weighted by Crippen LogP contribution is -2.26. The normalized spacial score (nSPS) is 16.9. The fourth-order valence-electron chi connectivity index (χ4n) is 4.98. The highest BCUT2D eigenvalue weighted by Gasteiger charge is 2.18. The van der Waals surface area contributed by atoms with Crippen LogP contribution in [0.1, 0.15) is 69.6 Å². The Morgan fingerprint density at radius 2 is 1.03 bits per heavy atom. The van der Waals surface area contributed by atoms with E-state index < -0.39 is 0 Å². The molecule has 2 saturated heterocycles. The molecule has 8 heteroatoms. The molecule has 1 aromatic heterocycles. The second kappa shape index (κ2) is 11.4. The molecule has 3 heterocycles. The monoisotopic (exact) mass is 484 g/mol. The first-order valence-electron chi connectivity index (χ1n) is 12.7. The zero-order valence-electron chi connectivity index (χ0n) is 20.3. The molecule has 8 nitrogen and oxygen atoms in total. The summed E-state index contributed by atoms with van der Waals surface area (Å²) in [5, 5.41) is 12.5. The molecule has 0 saturated carbocycles. The topological polar surface area (TPSA) is 108 Å². The van der Waals surface area contributed by atoms with Gasteiger partial charge >= 0.3 is 0 Å². The van der Waals surface area contributed by atoms with Gasteiger partial charge in [0.25, 0.3) is 11.8 Å². The molecule has 3 aromatic rings. The smallest absolute Gasteiger partial charge is 0.274 e. The molecule has 0 atom stereocenters. The molecule has 4 N–H and O–H groups in total. The van der Waals surface area contributed by atoms with Crippen LogP contribution < -0.4 is 21.3 Å². The van der Waals surface area contributed by atoms with Crippen molar-refractivity contribution in [2.24, 2.45) is 0 Å². The zero-order chi connectivity index (χ0) is 24.7. The number of anilines is 2. The van der Waals surface area contributed by atoms with E-state index in [2.05, 4.69) is 55.5 Å². The molecule has 0 spiro atoms. The number of carbonyl (C=O) groups excluding carboxylic acids is 2. The number of piperidine rings is 2. The molecule has 5 rings (SSSR count). The van der Waals surface area contributed by atoms with E-state index in [1.54, 1.807) is 0 Å². The second-order valence-corrected chi connectivity index (χ2v) is 9.49. The zero-order valence-corrected chi connectivity index (χ0v) is 20.3. The number of carbonyl (C=O) groups is 2. The summed E-state index contributed by atoms with van der Waals surface area (Å²) in [5.74, 6) is 0.346. The van der Waals surface area contributed by atoms with Gasteiger partial charge < -0.3 is 21.3 Å². The van der Waals surface area contributed by atoms with Crippen LogP contribution in [0.3, 0.4) is 0 Å². The van der Waals surface area contributed by atoms with Crippen molar-refractivity contribution in [1.82, 2.24) is 20.6 Å². The average Bonchev–Trinajstić information content (AvgIpc) is 2.95. The number of benzene rings is 2. The average molecular weight is 485 g/mol. The van der Waals surface area contributed by atoms with Gasteiger partial charge in [0.2, 0.25) is 0 Å². The first-order chi connectivity index (χ1) is 17.7. The molecular formula is C28H32N6O2. The number of rotatable bonds is 6. The molecule has 2 amide bonds. The molecular weight excluding hydrogens is 452 g/mol. The van der Waals surface area contributed by atoms with Crippen LogP contribution in [-0.4, -0.2) is 48.0 Å². The molecule has 186 valence electrons. The fraction of sp³-hybridized carbons (Fsp3) is 0.357. The van der Waals surface area contributed by atoms with Crippen molar-refractivity contribution in [2.75, 3.05) is 36.8 Å². The number of hydrogen-bond donors (Lipinski definition) is 4. The van der Waals surface area contributed by atoms with Crippen LogP contribution in [0.5, 0.6) is 0 Å². The van der Waals surface area contributed by atoms with Gasteiger partial charge in [-0.05, 0) is 99.1 Å². The lowest BCUT2D eigenvalue weighted by atomic mass is 9.90. The van der Waals surface area contributed by atoms with E-state index in [-0.39, 0.29) is 23.2 Å². The van der Waals surface area contributed by atoms with Crippen molar-refractivity contribution in [1.29, 1.82) is 0 Å². The molecule has 2 aliphatic rings. The summed E-state index contributed by atoms with van der Waals surface area (Å²) < 4.78 is 0. The van der Waals surface area contributed by atoms with Gasteiger partial charge in [-0.15, -0.1) is 0 Å². The van der Waals surface area contributed by atoms with E-state index in [4.69, 9.17) is 0 Å². The van der Waals surface area contributed by atoms with E-state index in [0.717, 1.165) is 51.9 Å². The molecule has 2 aliphatic heterocycles. The molecule has 2 fully saturated rings. The maximum Gasteiger partial charge on any atom is 0.274 e. The molecule has 2 aromatic carbocycles. The first-order valence-corrected chi connectivity index (χ1v) is 12.7. The highest BCUT2D eigenvalue weighted by Crippen LogP contribution is 2.27. The Balaban J connectivity index is 1.19. The lowest BCUT2D eigenvalue weighted by molar-refractivity contribution is 0.102. The molecule has 36 heavy (non-hydrogen) atoms. The van der Waals surface area contributed by atoms with Crippen LogP contribution in [0.2, 0.25) is 0 Å². The fourth-order valence-corrected chi connectivity index (χ4v) is 4.98. The first kappa shape index (κ1) is 24.1. The molecule has 0 aliphatic carbocycles. The predicted octanol–water partition coefficient (Wildman–Crippen LogP) is 3.92. The van der Waals surface area contributed by atoms with Crippen LogP contribution in [0.15, 0.2) is 60.9 Å². The standard InChI is InChI=1S/C28H32N6O2/c35-27(33-23-5-1-19(2-6-23)21-9-13-29-14-10-21)25-17-26(32-18-31-25)28(36)34-24-7-3-20(4-8-24)22-11-15-30-16-12-22/h1-8,17-18,21-22,29-30H,9-16H2,(H,33,35)(H,34,36). The Labute approximate surface area is 211 Å². The number of aromatic nitrogens is 2. The van der Waals surface area contributed by atoms with Gasteiger partial charge in [0.15, 0.2) is 0 Å². The van der Waals surface area contributed by atoms with Crippen LogP contribution in [0.25, 0.3) is 0 Å². The molecule has 0 unspecified atom stereocenters. The van der Waals surface area contributed by atoms with Gasteiger partial charge in [0.05, 0.1) is 0 Å². The van der Waals surface area contributed by atoms with Crippen LogP contribution in [0.4, 0.5) is 11.4 Å². The van der Waals surface area contributed by atoms with Crippen LogP contribution in [0, 0.1) is 0 Å². The minimum absolute atomic E-state index is 0.138. The van der Waals surface area contributed by atoms with E-state index in [1.807, 2.05) is 24.3 Å². The van der Waals surface area contributed by atoms with Crippen molar-refractivity contribution >= 4 is 23.2 Å². The van der Waals surface area contributed by atoms with Crippen molar-refractivity contribution in [3.63, 3.8) is 0 Å². The van der Waals surface area contributed by atoms with E-state index >= 15 is 0 Å². The highest BCUT2D eigenvalue weighted by atomic mass is 16.2. The number of hydrogen-bond acceptors (Lipinski definition) is 6. The van der Waals surface area contributed by atoms with Gasteiger partial charge in [-0.1, -0.05) is 24.3 Å². The summed E-state index contributed by atoms with van der Waals surface area (Å²) in [6, 6.07) is 17.4. The van der Waals surface area contributed by atoms with Crippen LogP contribution in [-0.2, 0) is 0 Å². The number of nitrogens with zero attached hydrogens (tertiary/aromatic N) is 2. The third-order valence-electron chi connectivity index (χ3n) is 7.09. The quantitative estimate of drug-likeness (QED) is 0.423. The van der Waals surface area contributed by atoms with Gasteiger partial charge in [0.1, 0.15) is 17.7 Å². The Hall–Kier alpha value is -3.62. The lowest BCUT2D eigenvalue weighted by Gasteiger charge is -2.23. The van der Waals surface area contributed by atoms with Gasteiger partial charge in [-0.3, -0.25) is 9.59 Å². The van der Waals surface area contributed by atoms with E-state index in [1.165, 1.54) is 23.5 Å². The number of amides is 2. The minimum Gasteiger partial charge on any atom is -0.321 e. The summed E-state index contributed by atoms with van der Waals surface area (Å²) in [4.78, 5) is 33.7. The van der Waals surface area contributed by atoms with E-state index in [0.29, 0.717) is 23.2 Å². The summed E-state index contributed by atoms with van der Waals surface area (Å²) in [5.41, 5.74) is 4.24. The van der Waals surface area contributed by atoms with Crippen LogP contribution >= 0.6 is 0 Å². The summed E-state index contributed by atoms with van der Waals surface area (Å²) in [6.45, 7) is 4.15. The molecule has 0 radical (unpaired) electrons. The van der Waals surface area contributed by atoms with Gasteiger partial charge in [0, 0.05) is 17.4 Å². The van der Waals surface area contributed by atoms with E-state index in [9.17, 15) is 9.59 Å². The van der Waals surface area contributed by atoms with Gasteiger partial charge in [-0.2, -0.15) is 0 Å². The Bertz CT molecular complexity index is 1090. The maximum absolute atomic E-state index is 12.8. The SMILES string of the molecule is O=C(Nc1ccc(C2CCNCC2)cc1)c1cc(C(=O)Nc2ccc(C3CCNCC3)cc2)ncn1. The van der Waals surface area contributed by atoms with Crippen molar-refractivity contribution in [3.8, 4) is 0 Å².